The van der Waals surface area contributed by atoms with Crippen LogP contribution in [0.25, 0.3) is 6.08 Å². The minimum Gasteiger partial charge on any atom is -0.490 e. The number of hydrogen-bond donors (Lipinski definition) is 1. The topological polar surface area (TPSA) is 71.5 Å². The van der Waals surface area contributed by atoms with Crippen LogP contribution < -0.4 is 10.1 Å². The Balaban J connectivity index is 1.11. The number of thiocarbonyl (C=S) groups is 1. The molecule has 2 heterocycles. The Morgan fingerprint density at radius 1 is 1.12 bits per heavy atom. The molecule has 40 heavy (non-hydrogen) atoms. The van der Waals surface area contributed by atoms with Crippen LogP contribution in [0, 0.1) is 0 Å². The number of carbonyl (C=O) groups excluding carboxylic acids is 2. The lowest BCUT2D eigenvalue weighted by Gasteiger charge is -2.22. The maximum Gasteiger partial charge on any atom is 0.266 e. The van der Waals surface area contributed by atoms with Crippen molar-refractivity contribution in [1.29, 1.82) is 0 Å². The van der Waals surface area contributed by atoms with Gasteiger partial charge in [-0.1, -0.05) is 65.7 Å². The summed E-state index contributed by atoms with van der Waals surface area (Å²) in [6, 6.07) is 13.2. The lowest BCUT2D eigenvalue weighted by molar-refractivity contribution is -0.122. The minimum absolute atomic E-state index is 0.103. The summed E-state index contributed by atoms with van der Waals surface area (Å²) in [5, 5.41) is 4.45. The molecular weight excluding hydrogens is 605 g/mol. The predicted molar refractivity (Wildman–Crippen MR) is 168 cm³/mol. The van der Waals surface area contributed by atoms with E-state index in [0.717, 1.165) is 34.6 Å². The van der Waals surface area contributed by atoms with Gasteiger partial charge in [0.15, 0.2) is 5.13 Å². The normalized spacial score (nSPS) is 17.1. The summed E-state index contributed by atoms with van der Waals surface area (Å²) >= 11 is 20.2. The highest BCUT2D eigenvalue weighted by molar-refractivity contribution is 8.26. The summed E-state index contributed by atoms with van der Waals surface area (Å²) in [4.78, 5) is 32.9. The Morgan fingerprint density at radius 3 is 2.58 bits per heavy atom. The van der Waals surface area contributed by atoms with Gasteiger partial charge in [0, 0.05) is 40.5 Å². The van der Waals surface area contributed by atoms with E-state index in [-0.39, 0.29) is 24.8 Å². The Bertz CT molecular complexity index is 1420. The maximum atomic E-state index is 13.0. The van der Waals surface area contributed by atoms with Crippen LogP contribution in [-0.4, -0.2) is 38.7 Å². The first-order valence-corrected chi connectivity index (χ1v) is 15.8. The van der Waals surface area contributed by atoms with Crippen LogP contribution in [0.5, 0.6) is 5.75 Å². The summed E-state index contributed by atoms with van der Waals surface area (Å²) in [5.74, 6) is 0.421. The molecule has 5 rings (SSSR count). The molecule has 2 amide bonds. The fraction of sp³-hybridized carbons (Fsp3) is 0.310. The van der Waals surface area contributed by atoms with E-state index < -0.39 is 0 Å². The highest BCUT2D eigenvalue weighted by Crippen LogP contribution is 2.33. The first kappa shape index (κ1) is 29.1. The molecule has 1 N–H and O–H groups in total. The van der Waals surface area contributed by atoms with Crippen molar-refractivity contribution in [2.45, 2.75) is 51.0 Å². The molecule has 2 aromatic carbocycles. The maximum absolute atomic E-state index is 13.0. The quantitative estimate of drug-likeness (QED) is 0.191. The van der Waals surface area contributed by atoms with E-state index in [1.165, 1.54) is 47.3 Å². The molecule has 0 spiro atoms. The van der Waals surface area contributed by atoms with Crippen molar-refractivity contribution in [1.82, 2.24) is 9.88 Å². The third kappa shape index (κ3) is 7.85. The number of carbonyl (C=O) groups is 2. The van der Waals surface area contributed by atoms with Gasteiger partial charge < -0.3 is 10.1 Å². The van der Waals surface area contributed by atoms with E-state index in [0.29, 0.717) is 36.9 Å². The summed E-state index contributed by atoms with van der Waals surface area (Å²) in [7, 11) is 0. The number of halogens is 2. The van der Waals surface area contributed by atoms with Crippen molar-refractivity contribution in [2.24, 2.45) is 0 Å². The molecule has 1 saturated heterocycles. The number of thiazole rings is 1. The molecule has 1 aromatic heterocycles. The zero-order chi connectivity index (χ0) is 28.1. The number of ether oxygens (including phenoxy) is 1. The van der Waals surface area contributed by atoms with Crippen LogP contribution in [0.2, 0.25) is 10.0 Å². The standard InChI is InChI=1S/C29H27Cl2N3O3S3/c30-20-12-19(13-21(31)16-20)14-24-17-32-28(39-24)33-26(35)10-11-34-27(36)25(40-29(34)38)15-18-6-8-23(9-7-18)37-22-4-2-1-3-5-22/h6-9,12-13,15-17,22H,1-5,10-11,14H2,(H,32,33,35)/b25-15-. The molecule has 1 saturated carbocycles. The van der Waals surface area contributed by atoms with Gasteiger partial charge in [0.1, 0.15) is 10.1 Å². The van der Waals surface area contributed by atoms with Crippen molar-refractivity contribution < 1.29 is 14.3 Å². The second-order valence-corrected chi connectivity index (χ2v) is 13.3. The third-order valence-electron chi connectivity index (χ3n) is 6.57. The molecule has 1 aliphatic carbocycles. The smallest absolute Gasteiger partial charge is 0.266 e. The van der Waals surface area contributed by atoms with Crippen molar-refractivity contribution in [3.8, 4) is 5.75 Å². The lowest BCUT2D eigenvalue weighted by atomic mass is 9.98. The van der Waals surface area contributed by atoms with Crippen LogP contribution in [0.15, 0.2) is 53.6 Å². The molecule has 0 atom stereocenters. The van der Waals surface area contributed by atoms with Crippen LogP contribution in [0.4, 0.5) is 5.13 Å². The molecule has 0 radical (unpaired) electrons. The fourth-order valence-electron chi connectivity index (χ4n) is 4.62. The Kier molecular flexibility index (Phi) is 9.80. The average molecular weight is 633 g/mol. The first-order chi connectivity index (χ1) is 19.3. The van der Waals surface area contributed by atoms with Crippen molar-refractivity contribution >= 4 is 85.9 Å². The number of rotatable bonds is 9. The Hall–Kier alpha value is -2.43. The molecule has 3 aromatic rings. The first-order valence-electron chi connectivity index (χ1n) is 13.0. The molecule has 208 valence electrons. The highest BCUT2D eigenvalue weighted by atomic mass is 35.5. The number of aromatic nitrogens is 1. The number of hydrogen-bond acceptors (Lipinski definition) is 7. The lowest BCUT2D eigenvalue weighted by Crippen LogP contribution is -2.31. The van der Waals surface area contributed by atoms with Gasteiger partial charge >= 0.3 is 0 Å². The summed E-state index contributed by atoms with van der Waals surface area (Å²) < 4.78 is 6.54. The highest BCUT2D eigenvalue weighted by Gasteiger charge is 2.32. The van der Waals surface area contributed by atoms with Crippen LogP contribution >= 0.6 is 58.5 Å². The number of nitrogens with one attached hydrogen (secondary N) is 1. The molecule has 11 heteroatoms. The minimum atomic E-state index is -0.238. The van der Waals surface area contributed by atoms with Crippen LogP contribution in [-0.2, 0) is 16.0 Å². The predicted octanol–water partition coefficient (Wildman–Crippen LogP) is 7.98. The van der Waals surface area contributed by atoms with Gasteiger partial charge in [-0.05, 0) is 73.2 Å². The number of benzene rings is 2. The molecular formula is C29H27Cl2N3O3S3. The molecule has 1 aliphatic heterocycles. The molecule has 6 nitrogen and oxygen atoms in total. The SMILES string of the molecule is O=C(CCN1C(=O)/C(=C/c2ccc(OC3CCCCC3)cc2)SC1=S)Nc1ncc(Cc2cc(Cl)cc(Cl)c2)s1. The van der Waals surface area contributed by atoms with Crippen LogP contribution in [0.3, 0.4) is 0 Å². The van der Waals surface area contributed by atoms with Crippen molar-refractivity contribution in [2.75, 3.05) is 11.9 Å². The number of nitrogens with zero attached hydrogens (tertiary/aromatic N) is 2. The zero-order valence-electron chi connectivity index (χ0n) is 21.5. The number of thioether (sulfide) groups is 1. The van der Waals surface area contributed by atoms with Crippen LogP contribution in [0.1, 0.15) is 54.5 Å². The van der Waals surface area contributed by atoms with E-state index in [4.69, 9.17) is 40.2 Å². The number of anilines is 1. The molecule has 2 aliphatic rings. The molecule has 0 unspecified atom stereocenters. The van der Waals surface area contributed by atoms with Gasteiger partial charge in [-0.3, -0.25) is 14.5 Å². The van der Waals surface area contributed by atoms with E-state index in [1.54, 1.807) is 12.3 Å². The second-order valence-electron chi connectivity index (χ2n) is 9.66. The molecule has 2 fully saturated rings. The van der Waals surface area contributed by atoms with Gasteiger partial charge in [-0.15, -0.1) is 11.3 Å². The fourth-order valence-corrected chi connectivity index (χ4v) is 7.36. The van der Waals surface area contributed by atoms with E-state index >= 15 is 0 Å². The number of amides is 2. The Morgan fingerprint density at radius 2 is 1.85 bits per heavy atom. The van der Waals surface area contributed by atoms with Gasteiger partial charge in [0.25, 0.3) is 5.91 Å². The Labute approximate surface area is 257 Å². The van der Waals surface area contributed by atoms with Gasteiger partial charge in [-0.2, -0.15) is 0 Å². The van der Waals surface area contributed by atoms with Gasteiger partial charge in [-0.25, -0.2) is 4.98 Å². The second kappa shape index (κ2) is 13.5. The van der Waals surface area contributed by atoms with Crippen molar-refractivity contribution in [3.63, 3.8) is 0 Å². The monoisotopic (exact) mass is 631 g/mol. The zero-order valence-corrected chi connectivity index (χ0v) is 25.5. The third-order valence-corrected chi connectivity index (χ3v) is 9.30. The average Bonchev–Trinajstić information content (AvgIpc) is 3.46. The van der Waals surface area contributed by atoms with E-state index in [1.807, 2.05) is 42.5 Å². The van der Waals surface area contributed by atoms with E-state index in [9.17, 15) is 9.59 Å². The molecule has 0 bridgehead atoms. The van der Waals surface area contributed by atoms with Crippen molar-refractivity contribution in [3.05, 3.63) is 79.6 Å². The van der Waals surface area contributed by atoms with Gasteiger partial charge in [0.2, 0.25) is 5.91 Å². The van der Waals surface area contributed by atoms with E-state index in [2.05, 4.69) is 10.3 Å². The van der Waals surface area contributed by atoms with Gasteiger partial charge in [0.05, 0.1) is 11.0 Å². The summed E-state index contributed by atoms with van der Waals surface area (Å²) in [6.07, 6.45) is 10.5. The largest absolute Gasteiger partial charge is 0.490 e. The summed E-state index contributed by atoms with van der Waals surface area (Å²) in [6.45, 7) is 0.196. The summed E-state index contributed by atoms with van der Waals surface area (Å²) in [5.41, 5.74) is 1.86.